The van der Waals surface area contributed by atoms with Crippen molar-refractivity contribution in [1.82, 2.24) is 10.2 Å². The molecule has 0 bridgehead atoms. The molecule has 16 heavy (non-hydrogen) atoms. The number of aliphatic hydroxyl groups is 1. The molecule has 0 radical (unpaired) electrons. The molecule has 3 N–H and O–H groups in total. The van der Waals surface area contributed by atoms with Gasteiger partial charge in [0.1, 0.15) is 0 Å². The van der Waals surface area contributed by atoms with Gasteiger partial charge in [0.25, 0.3) is 0 Å². The Morgan fingerprint density at radius 2 is 1.94 bits per heavy atom. The van der Waals surface area contributed by atoms with Gasteiger partial charge in [0.15, 0.2) is 0 Å². The highest BCUT2D eigenvalue weighted by Gasteiger charge is 2.26. The number of carboxylic acid groups (broad SMARTS) is 1. The van der Waals surface area contributed by atoms with E-state index in [2.05, 4.69) is 5.32 Å². The standard InChI is InChI=1S/C10H20N2O4/c1-7(6-13)12(4)9(16)11-10(2,3)5-8(14)15/h7,13H,5-6H2,1-4H3,(H,11,16)(H,14,15). The molecule has 1 unspecified atom stereocenters. The summed E-state index contributed by atoms with van der Waals surface area (Å²) < 4.78 is 0. The van der Waals surface area contributed by atoms with Gasteiger partial charge in [-0.1, -0.05) is 0 Å². The van der Waals surface area contributed by atoms with Gasteiger partial charge in [-0.25, -0.2) is 4.79 Å². The fourth-order valence-corrected chi connectivity index (χ4v) is 1.12. The average molecular weight is 232 g/mol. The van der Waals surface area contributed by atoms with E-state index >= 15 is 0 Å². The van der Waals surface area contributed by atoms with E-state index in [-0.39, 0.29) is 19.1 Å². The third-order valence-electron chi connectivity index (χ3n) is 2.28. The van der Waals surface area contributed by atoms with Crippen molar-refractivity contribution in [3.05, 3.63) is 0 Å². The first-order chi connectivity index (χ1) is 7.19. The minimum Gasteiger partial charge on any atom is -0.481 e. The fourth-order valence-electron chi connectivity index (χ4n) is 1.12. The van der Waals surface area contributed by atoms with E-state index in [0.717, 1.165) is 0 Å². The maximum absolute atomic E-state index is 11.7. The highest BCUT2D eigenvalue weighted by atomic mass is 16.4. The molecule has 0 fully saturated rings. The molecule has 0 saturated heterocycles. The number of likely N-dealkylation sites (N-methyl/N-ethyl adjacent to an activating group) is 1. The topological polar surface area (TPSA) is 89.9 Å². The van der Waals surface area contributed by atoms with E-state index < -0.39 is 17.5 Å². The lowest BCUT2D eigenvalue weighted by Crippen LogP contribution is -2.52. The van der Waals surface area contributed by atoms with Gasteiger partial charge >= 0.3 is 12.0 Å². The summed E-state index contributed by atoms with van der Waals surface area (Å²) in [5.74, 6) is -0.969. The molecular formula is C10H20N2O4. The van der Waals surface area contributed by atoms with Crippen LogP contribution >= 0.6 is 0 Å². The molecule has 0 aromatic rings. The lowest BCUT2D eigenvalue weighted by molar-refractivity contribution is -0.138. The Bertz CT molecular complexity index is 266. The van der Waals surface area contributed by atoms with Crippen molar-refractivity contribution in [2.75, 3.05) is 13.7 Å². The number of hydrogen-bond donors (Lipinski definition) is 3. The SMILES string of the molecule is CC(CO)N(C)C(=O)NC(C)(C)CC(=O)O. The predicted molar refractivity (Wildman–Crippen MR) is 59.2 cm³/mol. The average Bonchev–Trinajstić information content (AvgIpc) is 2.12. The largest absolute Gasteiger partial charge is 0.481 e. The number of carboxylic acids is 1. The number of carbonyl (C=O) groups is 2. The van der Waals surface area contributed by atoms with Crippen molar-refractivity contribution in [3.63, 3.8) is 0 Å². The van der Waals surface area contributed by atoms with Crippen LogP contribution in [0.5, 0.6) is 0 Å². The smallest absolute Gasteiger partial charge is 0.317 e. The van der Waals surface area contributed by atoms with Crippen LogP contribution in [0.15, 0.2) is 0 Å². The summed E-state index contributed by atoms with van der Waals surface area (Å²) in [4.78, 5) is 23.5. The number of nitrogens with zero attached hydrogens (tertiary/aromatic N) is 1. The molecule has 0 aromatic heterocycles. The van der Waals surface area contributed by atoms with Crippen LogP contribution < -0.4 is 5.32 Å². The zero-order valence-electron chi connectivity index (χ0n) is 10.1. The highest BCUT2D eigenvalue weighted by Crippen LogP contribution is 2.09. The maximum Gasteiger partial charge on any atom is 0.317 e. The second-order valence-electron chi connectivity index (χ2n) is 4.53. The van der Waals surface area contributed by atoms with Crippen molar-refractivity contribution in [2.45, 2.75) is 38.8 Å². The van der Waals surface area contributed by atoms with Gasteiger partial charge in [-0.2, -0.15) is 0 Å². The summed E-state index contributed by atoms with van der Waals surface area (Å²) in [5, 5.41) is 20.1. The number of hydrogen-bond acceptors (Lipinski definition) is 3. The van der Waals surface area contributed by atoms with Crippen LogP contribution in [-0.2, 0) is 4.79 Å². The van der Waals surface area contributed by atoms with Crippen molar-refractivity contribution in [3.8, 4) is 0 Å². The Labute approximate surface area is 95.2 Å². The molecule has 0 aliphatic rings. The maximum atomic E-state index is 11.7. The first-order valence-corrected chi connectivity index (χ1v) is 5.07. The number of carbonyl (C=O) groups excluding carboxylic acids is 1. The molecule has 0 aliphatic heterocycles. The molecule has 2 amide bonds. The van der Waals surface area contributed by atoms with Crippen LogP contribution in [0.2, 0.25) is 0 Å². The van der Waals surface area contributed by atoms with E-state index in [1.54, 1.807) is 27.8 Å². The monoisotopic (exact) mass is 232 g/mol. The van der Waals surface area contributed by atoms with E-state index in [1.165, 1.54) is 4.90 Å². The van der Waals surface area contributed by atoms with Crippen LogP contribution in [0.25, 0.3) is 0 Å². The molecule has 0 saturated carbocycles. The van der Waals surface area contributed by atoms with Crippen molar-refractivity contribution < 1.29 is 19.8 Å². The number of nitrogens with one attached hydrogen (secondary N) is 1. The van der Waals surface area contributed by atoms with Crippen LogP contribution in [0.1, 0.15) is 27.2 Å². The summed E-state index contributed by atoms with van der Waals surface area (Å²) in [7, 11) is 1.55. The predicted octanol–water partition coefficient (Wildman–Crippen LogP) is 0.262. The lowest BCUT2D eigenvalue weighted by atomic mass is 10.0. The molecule has 0 rings (SSSR count). The van der Waals surface area contributed by atoms with Gasteiger partial charge in [-0.15, -0.1) is 0 Å². The van der Waals surface area contributed by atoms with Gasteiger partial charge in [-0.05, 0) is 20.8 Å². The third-order valence-corrected chi connectivity index (χ3v) is 2.28. The van der Waals surface area contributed by atoms with Crippen LogP contribution in [0, 0.1) is 0 Å². The fraction of sp³-hybridized carbons (Fsp3) is 0.800. The Hall–Kier alpha value is -1.30. The van der Waals surface area contributed by atoms with Crippen molar-refractivity contribution in [1.29, 1.82) is 0 Å². The van der Waals surface area contributed by atoms with E-state index in [1.807, 2.05) is 0 Å². The van der Waals surface area contributed by atoms with Gasteiger partial charge in [0.05, 0.1) is 19.1 Å². The van der Waals surface area contributed by atoms with E-state index in [0.29, 0.717) is 0 Å². The van der Waals surface area contributed by atoms with Gasteiger partial charge in [0.2, 0.25) is 0 Å². The normalized spacial score (nSPS) is 13.1. The molecule has 94 valence electrons. The zero-order chi connectivity index (χ0) is 12.9. The Morgan fingerprint density at radius 3 is 2.31 bits per heavy atom. The van der Waals surface area contributed by atoms with Gasteiger partial charge < -0.3 is 20.4 Å². The van der Waals surface area contributed by atoms with Crippen LogP contribution in [-0.4, -0.2) is 52.3 Å². The summed E-state index contributed by atoms with van der Waals surface area (Å²) >= 11 is 0. The van der Waals surface area contributed by atoms with Crippen molar-refractivity contribution >= 4 is 12.0 Å². The summed E-state index contributed by atoms with van der Waals surface area (Å²) in [6, 6.07) is -0.701. The quantitative estimate of drug-likeness (QED) is 0.634. The molecule has 0 aromatic carbocycles. The summed E-state index contributed by atoms with van der Waals surface area (Å²) in [6.07, 6.45) is -0.153. The second kappa shape index (κ2) is 5.69. The number of amides is 2. The molecule has 0 heterocycles. The number of rotatable bonds is 5. The van der Waals surface area contributed by atoms with Crippen LogP contribution in [0.3, 0.4) is 0 Å². The number of aliphatic carboxylic acids is 1. The first-order valence-electron chi connectivity index (χ1n) is 5.07. The van der Waals surface area contributed by atoms with E-state index in [9.17, 15) is 9.59 Å². The number of urea groups is 1. The van der Waals surface area contributed by atoms with E-state index in [4.69, 9.17) is 10.2 Å². The third kappa shape index (κ3) is 4.97. The minimum absolute atomic E-state index is 0.136. The summed E-state index contributed by atoms with van der Waals surface area (Å²) in [6.45, 7) is 4.83. The highest BCUT2D eigenvalue weighted by molar-refractivity contribution is 5.76. The Kier molecular flexibility index (Phi) is 5.23. The second-order valence-corrected chi connectivity index (χ2v) is 4.53. The molecule has 6 nitrogen and oxygen atoms in total. The van der Waals surface area contributed by atoms with Gasteiger partial charge in [0, 0.05) is 12.6 Å². The molecule has 1 atom stereocenters. The van der Waals surface area contributed by atoms with Crippen LogP contribution in [0.4, 0.5) is 4.79 Å². The number of aliphatic hydroxyl groups excluding tert-OH is 1. The summed E-state index contributed by atoms with van der Waals surface area (Å²) in [5.41, 5.74) is -0.813. The zero-order valence-corrected chi connectivity index (χ0v) is 10.1. The molecular weight excluding hydrogens is 212 g/mol. The Balaban J connectivity index is 4.38. The molecule has 6 heteroatoms. The van der Waals surface area contributed by atoms with Gasteiger partial charge in [-0.3, -0.25) is 4.79 Å². The first kappa shape index (κ1) is 14.7. The minimum atomic E-state index is -0.969. The molecule has 0 aliphatic carbocycles. The lowest BCUT2D eigenvalue weighted by Gasteiger charge is -2.30. The Morgan fingerprint density at radius 1 is 1.44 bits per heavy atom. The molecule has 0 spiro atoms. The van der Waals surface area contributed by atoms with Crippen molar-refractivity contribution in [2.24, 2.45) is 0 Å².